The molecule has 0 saturated carbocycles. The molecule has 1 N–H and O–H groups in total. The summed E-state index contributed by atoms with van der Waals surface area (Å²) in [5, 5.41) is 6.38. The van der Waals surface area contributed by atoms with Crippen LogP contribution in [0.1, 0.15) is 34.5 Å². The van der Waals surface area contributed by atoms with Crippen LogP contribution in [0.15, 0.2) is 35.5 Å². The number of nitrogens with zero attached hydrogens (tertiary/aromatic N) is 1. The highest BCUT2D eigenvalue weighted by atomic mass is 35.5. The third-order valence-corrected chi connectivity index (χ3v) is 7.47. The molecule has 3 unspecified atom stereocenters. The molecule has 3 aliphatic heterocycles. The number of hydrogen-bond acceptors (Lipinski definition) is 6. The highest BCUT2D eigenvalue weighted by Crippen LogP contribution is 2.49. The van der Waals surface area contributed by atoms with E-state index in [0.29, 0.717) is 18.7 Å². The van der Waals surface area contributed by atoms with Crippen molar-refractivity contribution in [2.24, 2.45) is 11.1 Å². The summed E-state index contributed by atoms with van der Waals surface area (Å²) in [6, 6.07) is 6.80. The van der Waals surface area contributed by atoms with Gasteiger partial charge in [-0.15, -0.1) is 0 Å². The summed E-state index contributed by atoms with van der Waals surface area (Å²) in [6.45, 7) is 0.989. The zero-order valence-corrected chi connectivity index (χ0v) is 20.4. The van der Waals surface area contributed by atoms with E-state index in [-0.39, 0.29) is 22.1 Å². The number of oxime groups is 1. The Balaban J connectivity index is 1.56. The quantitative estimate of drug-likeness (QED) is 0.390. The monoisotopic (exact) mass is 548 g/mol. The minimum atomic E-state index is -4.83. The van der Waals surface area contributed by atoms with Crippen LogP contribution >= 0.6 is 35.0 Å². The zero-order chi connectivity index (χ0) is 25.1. The molecule has 3 aliphatic rings. The van der Waals surface area contributed by atoms with Gasteiger partial charge in [0.1, 0.15) is 29.2 Å². The first-order chi connectivity index (χ1) is 16.6. The van der Waals surface area contributed by atoms with Crippen LogP contribution < -0.4 is 5.32 Å². The van der Waals surface area contributed by atoms with Gasteiger partial charge in [0.25, 0.3) is 0 Å². The summed E-state index contributed by atoms with van der Waals surface area (Å²) in [5.74, 6) is -3.32. The summed E-state index contributed by atoms with van der Waals surface area (Å²) < 4.78 is 63.7. The Bertz CT molecular complexity index is 1240. The van der Waals surface area contributed by atoms with Crippen molar-refractivity contribution in [1.29, 1.82) is 0 Å². The number of thioether (sulfide) groups is 1. The molecule has 0 aromatic heterocycles. The standard InChI is InChI=1S/C23H18Cl2F4N2O3S/c1-35-7-16(32)20-12-4-10(2-3-14(12)22(33-20)8-30-9-22)19-17(23(27,28)29)21(34-31-19)13-5-11(24)6-15(25)18(13)26/h2-6,17,20-21,30H,7-9H2,1H3. The average Bonchev–Trinajstić information content (AvgIpc) is 3.36. The predicted molar refractivity (Wildman–Crippen MR) is 125 cm³/mol. The van der Waals surface area contributed by atoms with Crippen molar-refractivity contribution >= 4 is 46.5 Å². The first kappa shape index (κ1) is 24.8. The molecular weight excluding hydrogens is 531 g/mol. The highest BCUT2D eigenvalue weighted by molar-refractivity contribution is 7.99. The number of nitrogens with one attached hydrogen (secondary N) is 1. The minimum Gasteiger partial charge on any atom is -0.386 e. The highest BCUT2D eigenvalue weighted by Gasteiger charge is 2.55. The van der Waals surface area contributed by atoms with Crippen molar-refractivity contribution in [3.8, 4) is 0 Å². The van der Waals surface area contributed by atoms with Gasteiger partial charge < -0.3 is 14.9 Å². The van der Waals surface area contributed by atoms with E-state index in [4.69, 9.17) is 32.8 Å². The lowest BCUT2D eigenvalue weighted by Gasteiger charge is -2.39. The number of ether oxygens (including phenoxy) is 1. The molecule has 2 aromatic carbocycles. The summed E-state index contributed by atoms with van der Waals surface area (Å²) >= 11 is 13.1. The number of alkyl halides is 3. The van der Waals surface area contributed by atoms with Crippen LogP contribution in [0.3, 0.4) is 0 Å². The number of fused-ring (bicyclic) bond motifs is 2. The van der Waals surface area contributed by atoms with Crippen LogP contribution in [0.25, 0.3) is 0 Å². The molecule has 2 aromatic rings. The van der Waals surface area contributed by atoms with E-state index in [2.05, 4.69) is 10.5 Å². The smallest absolute Gasteiger partial charge is 0.386 e. The second-order valence-corrected chi connectivity index (χ2v) is 10.3. The van der Waals surface area contributed by atoms with Gasteiger partial charge in [-0.2, -0.15) is 24.9 Å². The SMILES string of the molecule is CSCC(=O)C1OC2(CNC2)c2ccc(C3=NOC(c4cc(Cl)cc(Cl)c4F)C3C(F)(F)F)cc21. The number of carbonyl (C=O) groups is 1. The number of hydrogen-bond donors (Lipinski definition) is 1. The van der Waals surface area contributed by atoms with E-state index in [9.17, 15) is 22.4 Å². The first-order valence-electron chi connectivity index (χ1n) is 10.6. The van der Waals surface area contributed by atoms with E-state index in [1.165, 1.54) is 23.9 Å². The van der Waals surface area contributed by atoms with E-state index < -0.39 is 52.0 Å². The number of rotatable bonds is 5. The van der Waals surface area contributed by atoms with Crippen LogP contribution in [0.2, 0.25) is 10.0 Å². The van der Waals surface area contributed by atoms with Crippen molar-refractivity contribution in [1.82, 2.24) is 5.32 Å². The van der Waals surface area contributed by atoms with Crippen molar-refractivity contribution in [3.05, 3.63) is 68.4 Å². The maximum atomic E-state index is 14.7. The largest absolute Gasteiger partial charge is 0.401 e. The van der Waals surface area contributed by atoms with E-state index >= 15 is 0 Å². The molecule has 1 saturated heterocycles. The number of ketones is 1. The lowest BCUT2D eigenvalue weighted by atomic mass is 9.83. The third kappa shape index (κ3) is 4.13. The topological polar surface area (TPSA) is 59.9 Å². The molecule has 0 bridgehead atoms. The number of benzene rings is 2. The van der Waals surface area contributed by atoms with Crippen LogP contribution in [-0.4, -0.2) is 42.8 Å². The Morgan fingerprint density at radius 1 is 1.23 bits per heavy atom. The van der Waals surface area contributed by atoms with Crippen LogP contribution in [-0.2, 0) is 20.0 Å². The van der Waals surface area contributed by atoms with Gasteiger partial charge in [0.15, 0.2) is 11.9 Å². The van der Waals surface area contributed by atoms with Gasteiger partial charge in [0, 0.05) is 29.2 Å². The van der Waals surface area contributed by atoms with Gasteiger partial charge in [-0.1, -0.05) is 40.5 Å². The fraction of sp³-hybridized carbons (Fsp3) is 0.391. The molecule has 0 radical (unpaired) electrons. The summed E-state index contributed by atoms with van der Waals surface area (Å²) in [6.07, 6.45) is -5.76. The van der Waals surface area contributed by atoms with Gasteiger partial charge >= 0.3 is 6.18 Å². The van der Waals surface area contributed by atoms with Crippen LogP contribution in [0.5, 0.6) is 0 Å². The van der Waals surface area contributed by atoms with Gasteiger partial charge in [0.2, 0.25) is 0 Å². The van der Waals surface area contributed by atoms with Crippen LogP contribution in [0, 0.1) is 11.7 Å². The second-order valence-electron chi connectivity index (χ2n) is 8.61. The van der Waals surface area contributed by atoms with E-state index in [1.54, 1.807) is 12.3 Å². The summed E-state index contributed by atoms with van der Waals surface area (Å²) in [4.78, 5) is 17.9. The lowest BCUT2D eigenvalue weighted by Crippen LogP contribution is -2.57. The molecule has 12 heteroatoms. The minimum absolute atomic E-state index is 0.0337. The molecule has 3 heterocycles. The molecule has 35 heavy (non-hydrogen) atoms. The normalized spacial score (nSPS) is 24.7. The van der Waals surface area contributed by atoms with Gasteiger partial charge in [-0.25, -0.2) is 4.39 Å². The maximum absolute atomic E-state index is 14.7. The van der Waals surface area contributed by atoms with E-state index in [0.717, 1.165) is 17.7 Å². The molecular formula is C23H18Cl2F4N2O3S. The summed E-state index contributed by atoms with van der Waals surface area (Å²) in [5.41, 5.74) is -0.186. The fourth-order valence-corrected chi connectivity index (χ4v) is 5.69. The van der Waals surface area contributed by atoms with Gasteiger partial charge in [0.05, 0.1) is 10.8 Å². The maximum Gasteiger partial charge on any atom is 0.401 e. The zero-order valence-electron chi connectivity index (χ0n) is 18.1. The Hall–Kier alpha value is -1.85. The number of carbonyl (C=O) groups excluding carboxylic acids is 1. The average molecular weight is 549 g/mol. The number of halogens is 6. The predicted octanol–water partition coefficient (Wildman–Crippen LogP) is 5.59. The summed E-state index contributed by atoms with van der Waals surface area (Å²) in [7, 11) is 0. The molecule has 5 rings (SSSR count). The Morgan fingerprint density at radius 3 is 2.60 bits per heavy atom. The van der Waals surface area contributed by atoms with Gasteiger partial charge in [-0.05, 0) is 35.6 Å². The molecule has 186 valence electrons. The molecule has 5 nitrogen and oxygen atoms in total. The molecule has 1 spiro atoms. The van der Waals surface area contributed by atoms with Crippen molar-refractivity contribution in [2.45, 2.75) is 24.0 Å². The Labute approximate surface area is 212 Å². The second kappa shape index (κ2) is 8.92. The Kier molecular flexibility index (Phi) is 6.32. The fourth-order valence-electron chi connectivity index (χ4n) is 4.74. The first-order valence-corrected chi connectivity index (χ1v) is 12.7. The van der Waals surface area contributed by atoms with Crippen molar-refractivity contribution < 1.29 is 31.9 Å². The van der Waals surface area contributed by atoms with E-state index in [1.807, 2.05) is 0 Å². The lowest BCUT2D eigenvalue weighted by molar-refractivity contribution is -0.178. The molecule has 0 amide bonds. The van der Waals surface area contributed by atoms with Gasteiger partial charge in [-0.3, -0.25) is 4.79 Å². The molecule has 0 aliphatic carbocycles. The molecule has 3 atom stereocenters. The Morgan fingerprint density at radius 2 is 1.97 bits per heavy atom. The number of Topliss-reactive ketones (excluding diaryl/α,β-unsaturated/α-hetero) is 1. The van der Waals surface area contributed by atoms with Crippen molar-refractivity contribution in [3.63, 3.8) is 0 Å². The molecule has 1 fully saturated rings. The van der Waals surface area contributed by atoms with Crippen molar-refractivity contribution in [2.75, 3.05) is 25.1 Å². The third-order valence-electron chi connectivity index (χ3n) is 6.41. The van der Waals surface area contributed by atoms with Crippen LogP contribution in [0.4, 0.5) is 17.6 Å².